The van der Waals surface area contributed by atoms with E-state index in [1.807, 2.05) is 12.1 Å². The van der Waals surface area contributed by atoms with Gasteiger partial charge in [0.15, 0.2) is 0 Å². The Morgan fingerprint density at radius 2 is 1.81 bits per heavy atom. The summed E-state index contributed by atoms with van der Waals surface area (Å²) in [5, 5.41) is 21.1. The topological polar surface area (TPSA) is 71.7 Å². The summed E-state index contributed by atoms with van der Waals surface area (Å²) >= 11 is 0. The van der Waals surface area contributed by atoms with Gasteiger partial charge in [-0.25, -0.2) is 4.39 Å². The number of aromatic hydroxyl groups is 1. The van der Waals surface area contributed by atoms with Gasteiger partial charge in [-0.2, -0.15) is 0 Å². The number of nitrogens with zero attached hydrogens (tertiary/aromatic N) is 1. The fourth-order valence-electron chi connectivity index (χ4n) is 6.61. The Hall–Kier alpha value is -2.86. The zero-order valence-corrected chi connectivity index (χ0v) is 18.2. The van der Waals surface area contributed by atoms with Gasteiger partial charge >= 0.3 is 5.97 Å². The molecule has 6 heteroatoms. The number of hydrogen-bond donors (Lipinski definition) is 2. The molecule has 0 atom stereocenters. The Bertz CT molecular complexity index is 1260. The lowest BCUT2D eigenvalue weighted by Crippen LogP contribution is -2.61. The maximum atomic E-state index is 13.7. The van der Waals surface area contributed by atoms with Crippen molar-refractivity contribution in [3.05, 3.63) is 59.5 Å². The first kappa shape index (κ1) is 19.8. The van der Waals surface area contributed by atoms with Crippen LogP contribution in [0.25, 0.3) is 16.6 Å². The number of aromatic nitrogens is 1. The van der Waals surface area contributed by atoms with Crippen LogP contribution in [-0.2, 0) is 20.5 Å². The average Bonchev–Trinajstić information content (AvgIpc) is 3.04. The molecular weight excluding hydrogens is 409 g/mol. The molecule has 5 nitrogen and oxygen atoms in total. The van der Waals surface area contributed by atoms with E-state index in [0.717, 1.165) is 40.7 Å². The molecule has 0 unspecified atom stereocenters. The summed E-state index contributed by atoms with van der Waals surface area (Å²) in [6, 6.07) is 12.0. The molecule has 0 amide bonds. The Labute approximate surface area is 185 Å². The molecular formula is C26H26FNO4. The normalized spacial score (nSPS) is 30.2. The number of phenols is 1. The predicted octanol–water partition coefficient (Wildman–Crippen LogP) is 5.25. The number of aliphatic carboxylic acids is 1. The van der Waals surface area contributed by atoms with Crippen LogP contribution in [0.4, 0.5) is 4.39 Å². The third-order valence-electron chi connectivity index (χ3n) is 7.89. The summed E-state index contributed by atoms with van der Waals surface area (Å²) in [5.74, 6) is -1.06. The molecule has 166 valence electrons. The van der Waals surface area contributed by atoms with Gasteiger partial charge in [0.1, 0.15) is 11.6 Å². The fraction of sp³-hybridized carbons (Fsp3) is 0.423. The van der Waals surface area contributed by atoms with E-state index in [4.69, 9.17) is 4.74 Å². The van der Waals surface area contributed by atoms with Gasteiger partial charge in [-0.3, -0.25) is 4.79 Å². The van der Waals surface area contributed by atoms with Crippen LogP contribution in [0.5, 0.6) is 5.75 Å². The standard InChI is InChI=1S/C26H26FNO4/c1-24(2)14-32-26(12-25(13-26)10-15(11-25)23(30)31)21-20-18(4-3-5-19(20)29)28(22(21)24)17-8-6-16(27)7-9-17/h3-9,15,29H,10-14H2,1-2H3,(H,30,31). The number of hydrogen-bond acceptors (Lipinski definition) is 3. The van der Waals surface area contributed by atoms with E-state index in [9.17, 15) is 19.4 Å². The van der Waals surface area contributed by atoms with Crippen molar-refractivity contribution in [2.45, 2.75) is 50.5 Å². The second-order valence-corrected chi connectivity index (χ2v) is 10.7. The summed E-state index contributed by atoms with van der Waals surface area (Å²) < 4.78 is 22.4. The quantitative estimate of drug-likeness (QED) is 0.577. The van der Waals surface area contributed by atoms with Gasteiger partial charge in [0.05, 0.1) is 23.6 Å². The lowest BCUT2D eigenvalue weighted by molar-refractivity contribution is -0.231. The number of carboxylic acid groups (broad SMARTS) is 1. The minimum Gasteiger partial charge on any atom is -0.507 e. The monoisotopic (exact) mass is 435 g/mol. The molecule has 1 aliphatic heterocycles. The van der Waals surface area contributed by atoms with Crippen molar-refractivity contribution in [1.29, 1.82) is 0 Å². The molecule has 2 aliphatic carbocycles. The second-order valence-electron chi connectivity index (χ2n) is 10.7. The van der Waals surface area contributed by atoms with Gasteiger partial charge in [-0.15, -0.1) is 0 Å². The zero-order valence-electron chi connectivity index (χ0n) is 18.2. The number of rotatable bonds is 2. The second kappa shape index (κ2) is 6.13. The summed E-state index contributed by atoms with van der Waals surface area (Å²) in [4.78, 5) is 11.4. The van der Waals surface area contributed by atoms with Crippen LogP contribution in [-0.4, -0.2) is 27.4 Å². The number of fused-ring (bicyclic) bond motifs is 4. The molecule has 1 aromatic heterocycles. The van der Waals surface area contributed by atoms with E-state index in [0.29, 0.717) is 19.4 Å². The largest absolute Gasteiger partial charge is 0.507 e. The van der Waals surface area contributed by atoms with Crippen molar-refractivity contribution in [1.82, 2.24) is 4.57 Å². The van der Waals surface area contributed by atoms with Crippen LogP contribution in [0.1, 0.15) is 50.8 Å². The van der Waals surface area contributed by atoms with Crippen LogP contribution < -0.4 is 0 Å². The van der Waals surface area contributed by atoms with Gasteiger partial charge in [0, 0.05) is 27.7 Å². The summed E-state index contributed by atoms with van der Waals surface area (Å²) in [6.45, 7) is 4.79. The first-order valence-electron chi connectivity index (χ1n) is 11.1. The van der Waals surface area contributed by atoms with E-state index in [1.54, 1.807) is 18.2 Å². The van der Waals surface area contributed by atoms with Crippen LogP contribution in [0.15, 0.2) is 42.5 Å². The lowest BCUT2D eigenvalue weighted by atomic mass is 9.44. The van der Waals surface area contributed by atoms with Gasteiger partial charge in [-0.1, -0.05) is 19.9 Å². The molecule has 2 saturated carbocycles. The Morgan fingerprint density at radius 3 is 2.47 bits per heavy atom. The molecule has 2 aromatic carbocycles. The third-order valence-corrected chi connectivity index (χ3v) is 7.89. The zero-order chi connectivity index (χ0) is 22.5. The van der Waals surface area contributed by atoms with Crippen molar-refractivity contribution in [2.75, 3.05) is 6.61 Å². The van der Waals surface area contributed by atoms with Crippen molar-refractivity contribution in [3.63, 3.8) is 0 Å². The minimum atomic E-state index is -0.714. The number of halogens is 1. The molecule has 32 heavy (non-hydrogen) atoms. The van der Waals surface area contributed by atoms with Gasteiger partial charge in [0.2, 0.25) is 0 Å². The molecule has 2 N–H and O–H groups in total. The van der Waals surface area contributed by atoms with Crippen molar-refractivity contribution in [3.8, 4) is 11.4 Å². The van der Waals surface area contributed by atoms with E-state index < -0.39 is 11.6 Å². The number of carboxylic acids is 1. The van der Waals surface area contributed by atoms with Crippen molar-refractivity contribution < 1.29 is 24.1 Å². The lowest BCUT2D eigenvalue weighted by Gasteiger charge is -2.64. The maximum absolute atomic E-state index is 13.7. The number of benzene rings is 2. The first-order chi connectivity index (χ1) is 15.1. The smallest absolute Gasteiger partial charge is 0.306 e. The van der Waals surface area contributed by atoms with E-state index in [-0.39, 0.29) is 28.3 Å². The van der Waals surface area contributed by atoms with Crippen molar-refractivity contribution >= 4 is 16.9 Å². The molecule has 6 rings (SSSR count). The van der Waals surface area contributed by atoms with Crippen LogP contribution in [0, 0.1) is 17.2 Å². The highest BCUT2D eigenvalue weighted by molar-refractivity contribution is 5.94. The number of carbonyl (C=O) groups is 1. The predicted molar refractivity (Wildman–Crippen MR) is 118 cm³/mol. The first-order valence-corrected chi connectivity index (χ1v) is 11.1. The molecule has 2 spiro atoms. The summed E-state index contributed by atoms with van der Waals surface area (Å²) in [7, 11) is 0. The van der Waals surface area contributed by atoms with Crippen LogP contribution in [0.3, 0.4) is 0 Å². The summed E-state index contributed by atoms with van der Waals surface area (Å²) in [6.07, 6.45) is 2.91. The van der Waals surface area contributed by atoms with E-state index >= 15 is 0 Å². The molecule has 0 saturated heterocycles. The Kier molecular flexibility index (Phi) is 3.79. The molecule has 3 aromatic rings. The molecule has 2 heterocycles. The molecule has 0 radical (unpaired) electrons. The van der Waals surface area contributed by atoms with Crippen LogP contribution >= 0.6 is 0 Å². The third kappa shape index (κ3) is 2.50. The van der Waals surface area contributed by atoms with E-state index in [2.05, 4.69) is 18.4 Å². The Morgan fingerprint density at radius 1 is 1.12 bits per heavy atom. The summed E-state index contributed by atoms with van der Waals surface area (Å²) in [5.41, 5.74) is 2.96. The Balaban J connectivity index is 1.56. The fourth-order valence-corrected chi connectivity index (χ4v) is 6.61. The maximum Gasteiger partial charge on any atom is 0.306 e. The van der Waals surface area contributed by atoms with Crippen molar-refractivity contribution in [2.24, 2.45) is 11.3 Å². The van der Waals surface area contributed by atoms with Gasteiger partial charge < -0.3 is 19.5 Å². The highest BCUT2D eigenvalue weighted by atomic mass is 19.1. The molecule has 0 bridgehead atoms. The van der Waals surface area contributed by atoms with Crippen LogP contribution in [0.2, 0.25) is 0 Å². The van der Waals surface area contributed by atoms with Gasteiger partial charge in [0.25, 0.3) is 0 Å². The molecule has 2 fully saturated rings. The highest BCUT2D eigenvalue weighted by Crippen LogP contribution is 2.70. The SMILES string of the molecule is CC1(C)COC2(CC3(CC(C(=O)O)C3)C2)c2c1n(-c1ccc(F)cc1)c1cccc(O)c21. The number of phenolic OH excluding ortho intramolecular Hbond substituents is 1. The average molecular weight is 435 g/mol. The van der Waals surface area contributed by atoms with E-state index in [1.165, 1.54) is 12.1 Å². The van der Waals surface area contributed by atoms with Gasteiger partial charge in [-0.05, 0) is 67.5 Å². The molecule has 3 aliphatic rings. The minimum absolute atomic E-state index is 0.0104. The highest BCUT2D eigenvalue weighted by Gasteiger charge is 2.65. The number of ether oxygens (including phenoxy) is 1.